The van der Waals surface area contributed by atoms with E-state index < -0.39 is 10.0 Å². The van der Waals surface area contributed by atoms with E-state index in [0.717, 1.165) is 22.8 Å². The molecule has 1 unspecified atom stereocenters. The van der Waals surface area contributed by atoms with Gasteiger partial charge in [-0.05, 0) is 34.9 Å². The van der Waals surface area contributed by atoms with Crippen LogP contribution in [0.4, 0.5) is 0 Å². The molecule has 1 atom stereocenters. The summed E-state index contributed by atoms with van der Waals surface area (Å²) in [6.45, 7) is 1.16. The summed E-state index contributed by atoms with van der Waals surface area (Å²) >= 11 is 0. The third kappa shape index (κ3) is 3.30. The molecule has 0 bridgehead atoms. The molecule has 2 heterocycles. The Kier molecular flexibility index (Phi) is 4.27. The van der Waals surface area contributed by atoms with Gasteiger partial charge in [0, 0.05) is 30.9 Å². The van der Waals surface area contributed by atoms with Gasteiger partial charge in [0.25, 0.3) is 0 Å². The predicted octanol–water partition coefficient (Wildman–Crippen LogP) is 3.55. The molecule has 1 aromatic heterocycles. The first-order chi connectivity index (χ1) is 12.1. The zero-order valence-electron chi connectivity index (χ0n) is 13.9. The van der Waals surface area contributed by atoms with Crippen LogP contribution >= 0.6 is 0 Å². The van der Waals surface area contributed by atoms with Crippen molar-refractivity contribution in [2.45, 2.75) is 18.1 Å². The van der Waals surface area contributed by atoms with E-state index in [1.807, 2.05) is 42.5 Å². The lowest BCUT2D eigenvalue weighted by atomic mass is 9.99. The van der Waals surface area contributed by atoms with Crippen LogP contribution in [0.3, 0.4) is 0 Å². The molecule has 0 saturated carbocycles. The van der Waals surface area contributed by atoms with Crippen molar-refractivity contribution >= 4 is 20.8 Å². The van der Waals surface area contributed by atoms with Gasteiger partial charge in [-0.1, -0.05) is 48.5 Å². The Labute approximate surface area is 148 Å². The second kappa shape index (κ2) is 6.58. The van der Waals surface area contributed by atoms with Gasteiger partial charge in [-0.2, -0.15) is 0 Å². The Morgan fingerprint density at radius 3 is 2.72 bits per heavy atom. The van der Waals surface area contributed by atoms with Crippen molar-refractivity contribution in [1.82, 2.24) is 9.29 Å². The highest BCUT2D eigenvalue weighted by atomic mass is 32.2. The Balaban J connectivity index is 1.56. The van der Waals surface area contributed by atoms with Gasteiger partial charge in [0.05, 0.1) is 5.75 Å². The molecule has 0 N–H and O–H groups in total. The molecule has 4 rings (SSSR count). The maximum absolute atomic E-state index is 12.9. The van der Waals surface area contributed by atoms with Crippen molar-refractivity contribution in [3.05, 3.63) is 78.1 Å². The molecule has 3 aromatic rings. The van der Waals surface area contributed by atoms with Crippen LogP contribution in [0.2, 0.25) is 0 Å². The fraction of sp³-hybridized carbons (Fsp3) is 0.250. The highest BCUT2D eigenvalue weighted by molar-refractivity contribution is 7.88. The summed E-state index contributed by atoms with van der Waals surface area (Å²) in [6.07, 6.45) is 4.36. The minimum absolute atomic E-state index is 0.0376. The number of pyridine rings is 1. The number of aromatic nitrogens is 1. The summed E-state index contributed by atoms with van der Waals surface area (Å²) in [5.74, 6) is 0.322. The largest absolute Gasteiger partial charge is 0.264 e. The second-order valence-corrected chi connectivity index (χ2v) is 8.49. The third-order valence-electron chi connectivity index (χ3n) is 4.92. The molecule has 0 amide bonds. The normalized spacial score (nSPS) is 18.6. The monoisotopic (exact) mass is 352 g/mol. The Hall–Kier alpha value is -2.24. The number of rotatable bonds is 4. The van der Waals surface area contributed by atoms with Crippen LogP contribution in [-0.4, -0.2) is 30.8 Å². The number of benzene rings is 2. The summed E-state index contributed by atoms with van der Waals surface area (Å²) in [6, 6.07) is 17.8. The van der Waals surface area contributed by atoms with Gasteiger partial charge in [-0.25, -0.2) is 12.7 Å². The lowest BCUT2D eigenvalue weighted by molar-refractivity contribution is 0.472. The minimum Gasteiger partial charge on any atom is -0.264 e. The van der Waals surface area contributed by atoms with Gasteiger partial charge in [0.1, 0.15) is 0 Å². The van der Waals surface area contributed by atoms with E-state index in [9.17, 15) is 8.42 Å². The molecule has 5 heteroatoms. The minimum atomic E-state index is -3.33. The summed E-state index contributed by atoms with van der Waals surface area (Å²) < 4.78 is 27.5. The van der Waals surface area contributed by atoms with Crippen molar-refractivity contribution in [3.8, 4) is 0 Å². The molecule has 0 radical (unpaired) electrons. The molecule has 128 valence electrons. The Morgan fingerprint density at radius 1 is 1.04 bits per heavy atom. The summed E-state index contributed by atoms with van der Waals surface area (Å²) in [5, 5.41) is 1.93. The van der Waals surface area contributed by atoms with Crippen molar-refractivity contribution in [2.24, 2.45) is 0 Å². The molecule has 1 aliphatic rings. The average molecular weight is 352 g/mol. The van der Waals surface area contributed by atoms with E-state index >= 15 is 0 Å². The second-order valence-electron chi connectivity index (χ2n) is 6.52. The standard InChI is InChI=1S/C20H20N2O2S/c23-25(24,15-19-8-4-7-17-13-21-11-9-20(17)19)22-12-10-18(14-22)16-5-2-1-3-6-16/h1-9,11,13,18H,10,12,14-15H2. The van der Waals surface area contributed by atoms with E-state index in [1.54, 1.807) is 16.7 Å². The lowest BCUT2D eigenvalue weighted by Gasteiger charge is -2.17. The van der Waals surface area contributed by atoms with Gasteiger partial charge < -0.3 is 0 Å². The fourth-order valence-corrected chi connectivity index (χ4v) is 5.20. The molecule has 1 aliphatic heterocycles. The Morgan fingerprint density at radius 2 is 1.88 bits per heavy atom. The van der Waals surface area contributed by atoms with Crippen molar-refractivity contribution in [1.29, 1.82) is 0 Å². The first kappa shape index (κ1) is 16.2. The van der Waals surface area contributed by atoms with Crippen LogP contribution in [0.1, 0.15) is 23.5 Å². The SMILES string of the molecule is O=S(=O)(Cc1cccc2cnccc12)N1CCC(c2ccccc2)C1. The topological polar surface area (TPSA) is 50.3 Å². The first-order valence-electron chi connectivity index (χ1n) is 8.48. The lowest BCUT2D eigenvalue weighted by Crippen LogP contribution is -2.29. The van der Waals surface area contributed by atoms with Gasteiger partial charge in [-0.15, -0.1) is 0 Å². The molecule has 0 spiro atoms. The summed E-state index contributed by atoms with van der Waals surface area (Å²) in [7, 11) is -3.33. The van der Waals surface area contributed by atoms with Crippen LogP contribution in [0.25, 0.3) is 10.8 Å². The van der Waals surface area contributed by atoms with E-state index in [2.05, 4.69) is 17.1 Å². The highest BCUT2D eigenvalue weighted by Crippen LogP contribution is 2.30. The number of nitrogens with zero attached hydrogens (tertiary/aromatic N) is 2. The predicted molar refractivity (Wildman–Crippen MR) is 99.7 cm³/mol. The zero-order chi connectivity index (χ0) is 17.3. The molecule has 4 nitrogen and oxygen atoms in total. The maximum atomic E-state index is 12.9. The zero-order valence-corrected chi connectivity index (χ0v) is 14.7. The van der Waals surface area contributed by atoms with Crippen molar-refractivity contribution in [3.63, 3.8) is 0 Å². The number of sulfonamides is 1. The van der Waals surface area contributed by atoms with Gasteiger partial charge in [0.15, 0.2) is 0 Å². The van der Waals surface area contributed by atoms with Crippen LogP contribution in [0.5, 0.6) is 0 Å². The molecular formula is C20H20N2O2S. The van der Waals surface area contributed by atoms with Crippen molar-refractivity contribution in [2.75, 3.05) is 13.1 Å². The van der Waals surface area contributed by atoms with E-state index in [1.165, 1.54) is 5.56 Å². The number of hydrogen-bond acceptors (Lipinski definition) is 3. The molecule has 0 aliphatic carbocycles. The molecule has 1 fully saturated rings. The maximum Gasteiger partial charge on any atom is 0.218 e. The Bertz CT molecular complexity index is 982. The summed E-state index contributed by atoms with van der Waals surface area (Å²) in [5.41, 5.74) is 2.06. The van der Waals surface area contributed by atoms with Crippen LogP contribution in [-0.2, 0) is 15.8 Å². The molecule has 25 heavy (non-hydrogen) atoms. The van der Waals surface area contributed by atoms with Gasteiger partial charge in [-0.3, -0.25) is 4.98 Å². The fourth-order valence-electron chi connectivity index (χ4n) is 3.58. The molecule has 2 aromatic carbocycles. The van der Waals surface area contributed by atoms with Gasteiger partial charge >= 0.3 is 0 Å². The highest BCUT2D eigenvalue weighted by Gasteiger charge is 2.32. The molecule has 1 saturated heterocycles. The first-order valence-corrected chi connectivity index (χ1v) is 10.1. The van der Waals surface area contributed by atoms with E-state index in [0.29, 0.717) is 13.1 Å². The van der Waals surface area contributed by atoms with E-state index in [4.69, 9.17) is 0 Å². The number of hydrogen-bond donors (Lipinski definition) is 0. The molecular weight excluding hydrogens is 332 g/mol. The van der Waals surface area contributed by atoms with Crippen molar-refractivity contribution < 1.29 is 8.42 Å². The number of fused-ring (bicyclic) bond motifs is 1. The third-order valence-corrected chi connectivity index (χ3v) is 6.72. The van der Waals surface area contributed by atoms with Gasteiger partial charge in [0.2, 0.25) is 10.0 Å². The van der Waals surface area contributed by atoms with Crippen LogP contribution in [0.15, 0.2) is 67.0 Å². The summed E-state index contributed by atoms with van der Waals surface area (Å²) in [4.78, 5) is 4.11. The quantitative estimate of drug-likeness (QED) is 0.721. The smallest absolute Gasteiger partial charge is 0.218 e. The average Bonchev–Trinajstić information content (AvgIpc) is 3.14. The van der Waals surface area contributed by atoms with Crippen LogP contribution < -0.4 is 0 Å². The van der Waals surface area contributed by atoms with E-state index in [-0.39, 0.29) is 11.7 Å². The van der Waals surface area contributed by atoms with Crippen LogP contribution in [0, 0.1) is 0 Å².